The molecule has 0 saturated carbocycles. The number of carbonyl (C=O) groups excluding carboxylic acids is 1. The lowest BCUT2D eigenvalue weighted by atomic mass is 9.65. The number of nitrogens with one attached hydrogen (secondary N) is 1. The number of hydrogen-bond acceptors (Lipinski definition) is 5. The summed E-state index contributed by atoms with van der Waals surface area (Å²) < 4.78 is 5.58. The van der Waals surface area contributed by atoms with Gasteiger partial charge in [-0.3, -0.25) is 9.59 Å². The largest absolute Gasteiger partial charge is 0.436 e. The fraction of sp³-hybridized carbons (Fsp3) is 0.579. The fourth-order valence-corrected chi connectivity index (χ4v) is 4.73. The van der Waals surface area contributed by atoms with Gasteiger partial charge in [-0.2, -0.15) is 0 Å². The second-order valence-corrected chi connectivity index (χ2v) is 7.70. The van der Waals surface area contributed by atoms with E-state index >= 15 is 0 Å². The molecule has 1 saturated heterocycles. The number of fused-ring (bicyclic) bond motifs is 3. The van der Waals surface area contributed by atoms with Gasteiger partial charge in [0.15, 0.2) is 5.89 Å². The van der Waals surface area contributed by atoms with E-state index in [-0.39, 0.29) is 22.9 Å². The summed E-state index contributed by atoms with van der Waals surface area (Å²) in [6.45, 7) is 8.18. The maximum absolute atomic E-state index is 13.2. The lowest BCUT2D eigenvalue weighted by Crippen LogP contribution is -2.58. The van der Waals surface area contributed by atoms with Crippen LogP contribution in [0.4, 0.5) is 0 Å². The van der Waals surface area contributed by atoms with Crippen LogP contribution in [0.2, 0.25) is 0 Å². The minimum atomic E-state index is -0.316. The summed E-state index contributed by atoms with van der Waals surface area (Å²) in [6.07, 6.45) is 3.18. The molecule has 0 spiro atoms. The van der Waals surface area contributed by atoms with Gasteiger partial charge >= 0.3 is 0 Å². The molecule has 26 heavy (non-hydrogen) atoms. The molecule has 3 heterocycles. The number of rotatable bonds is 1. The van der Waals surface area contributed by atoms with Crippen LogP contribution in [-0.2, 0) is 11.8 Å². The van der Waals surface area contributed by atoms with E-state index in [2.05, 4.69) is 21.9 Å². The molecule has 7 heteroatoms. The molecule has 2 aliphatic rings. The molecule has 1 N–H and O–H groups in total. The number of H-pyrrole nitrogens is 1. The van der Waals surface area contributed by atoms with Crippen LogP contribution in [0.5, 0.6) is 0 Å². The highest BCUT2D eigenvalue weighted by atomic mass is 16.4. The Labute approximate surface area is 151 Å². The number of aromatic nitrogens is 3. The molecule has 2 atom stereocenters. The molecule has 1 amide bonds. The average molecular weight is 356 g/mol. The van der Waals surface area contributed by atoms with Gasteiger partial charge in [-0.1, -0.05) is 6.92 Å². The van der Waals surface area contributed by atoms with Crippen LogP contribution in [0, 0.1) is 20.8 Å². The first-order valence-corrected chi connectivity index (χ1v) is 9.16. The molecule has 0 bridgehead atoms. The summed E-state index contributed by atoms with van der Waals surface area (Å²) in [5.41, 5.74) is 1.90. The lowest BCUT2D eigenvalue weighted by Gasteiger charge is -2.50. The summed E-state index contributed by atoms with van der Waals surface area (Å²) in [7, 11) is 0. The zero-order chi connectivity index (χ0) is 18.6. The van der Waals surface area contributed by atoms with Crippen LogP contribution in [-0.4, -0.2) is 38.3 Å². The van der Waals surface area contributed by atoms with Gasteiger partial charge in [0.1, 0.15) is 5.82 Å². The highest BCUT2D eigenvalue weighted by molar-refractivity contribution is 5.93. The van der Waals surface area contributed by atoms with Crippen molar-refractivity contribution in [3.63, 3.8) is 0 Å². The van der Waals surface area contributed by atoms with Gasteiger partial charge in [-0.15, -0.1) is 0 Å². The molecule has 1 aliphatic carbocycles. The number of carbonyl (C=O) groups is 1. The fourth-order valence-electron chi connectivity index (χ4n) is 4.73. The monoisotopic (exact) mass is 356 g/mol. The van der Waals surface area contributed by atoms with Crippen LogP contribution in [0.3, 0.4) is 0 Å². The van der Waals surface area contributed by atoms with E-state index < -0.39 is 0 Å². The van der Waals surface area contributed by atoms with E-state index in [0.717, 1.165) is 30.5 Å². The van der Waals surface area contributed by atoms with Crippen molar-refractivity contribution in [1.82, 2.24) is 19.9 Å². The lowest BCUT2D eigenvalue weighted by molar-refractivity contribution is 0.0347. The SMILES string of the molecule is Cc1nc2c(c(=O)[nH]1)CCC1N(C(=O)c3oc(C)nc3C)CCC[C@@]21C. The Hall–Kier alpha value is -2.44. The number of aromatic amines is 1. The van der Waals surface area contributed by atoms with E-state index in [1.165, 1.54) is 0 Å². The summed E-state index contributed by atoms with van der Waals surface area (Å²) in [5.74, 6) is 1.35. The van der Waals surface area contributed by atoms with Crippen molar-refractivity contribution in [3.05, 3.63) is 44.8 Å². The molecule has 138 valence electrons. The van der Waals surface area contributed by atoms with Gasteiger partial charge in [-0.05, 0) is 39.5 Å². The molecule has 2 aromatic heterocycles. The van der Waals surface area contributed by atoms with Crippen molar-refractivity contribution in [2.45, 2.75) is 64.8 Å². The Bertz CT molecular complexity index is 945. The maximum atomic E-state index is 13.2. The van der Waals surface area contributed by atoms with Gasteiger partial charge in [0.05, 0.1) is 11.4 Å². The molecular weight excluding hydrogens is 332 g/mol. The topological polar surface area (TPSA) is 92.1 Å². The van der Waals surface area contributed by atoms with Gasteiger partial charge in [0, 0.05) is 30.5 Å². The predicted octanol–water partition coefficient (Wildman–Crippen LogP) is 2.19. The third-order valence-corrected chi connectivity index (χ3v) is 5.91. The van der Waals surface area contributed by atoms with Crippen LogP contribution >= 0.6 is 0 Å². The molecule has 1 unspecified atom stereocenters. The van der Waals surface area contributed by atoms with Crippen LogP contribution < -0.4 is 5.56 Å². The number of likely N-dealkylation sites (tertiary alicyclic amines) is 1. The standard InChI is InChI=1S/C19H24N4O3/c1-10-15(26-12(3)20-10)18(25)23-9-5-8-19(4)14(23)7-6-13-16(19)21-11(2)22-17(13)24/h14H,5-9H2,1-4H3,(H,21,22,24)/t14?,19-/m1/s1. The number of aryl methyl sites for hydroxylation is 3. The van der Waals surface area contributed by atoms with Gasteiger partial charge < -0.3 is 14.3 Å². The Kier molecular flexibility index (Phi) is 3.78. The maximum Gasteiger partial charge on any atom is 0.291 e. The first kappa shape index (κ1) is 17.0. The van der Waals surface area contributed by atoms with Crippen molar-refractivity contribution < 1.29 is 9.21 Å². The predicted molar refractivity (Wildman–Crippen MR) is 95.3 cm³/mol. The Balaban J connectivity index is 1.77. The second-order valence-electron chi connectivity index (χ2n) is 7.70. The number of hydrogen-bond donors (Lipinski definition) is 1. The van der Waals surface area contributed by atoms with E-state index in [0.29, 0.717) is 36.1 Å². The minimum absolute atomic E-state index is 0.00903. The van der Waals surface area contributed by atoms with E-state index in [1.54, 1.807) is 20.8 Å². The Morgan fingerprint density at radius 2 is 2.08 bits per heavy atom. The van der Waals surface area contributed by atoms with E-state index in [4.69, 9.17) is 4.42 Å². The Morgan fingerprint density at radius 3 is 2.77 bits per heavy atom. The highest BCUT2D eigenvalue weighted by Crippen LogP contribution is 2.44. The average Bonchev–Trinajstić information content (AvgIpc) is 2.92. The van der Waals surface area contributed by atoms with Crippen LogP contribution in [0.25, 0.3) is 0 Å². The molecule has 0 radical (unpaired) electrons. The highest BCUT2D eigenvalue weighted by Gasteiger charge is 2.49. The second kappa shape index (κ2) is 5.79. The molecular formula is C19H24N4O3. The number of piperidine rings is 1. The molecule has 7 nitrogen and oxygen atoms in total. The summed E-state index contributed by atoms with van der Waals surface area (Å²) in [6, 6.07) is 0.00903. The van der Waals surface area contributed by atoms with Crippen molar-refractivity contribution >= 4 is 5.91 Å². The van der Waals surface area contributed by atoms with E-state index in [9.17, 15) is 9.59 Å². The van der Waals surface area contributed by atoms with Crippen molar-refractivity contribution in [2.24, 2.45) is 0 Å². The molecule has 2 aromatic rings. The molecule has 1 fully saturated rings. The Morgan fingerprint density at radius 1 is 1.31 bits per heavy atom. The van der Waals surface area contributed by atoms with E-state index in [1.807, 2.05) is 4.90 Å². The first-order chi connectivity index (χ1) is 12.3. The van der Waals surface area contributed by atoms with Crippen molar-refractivity contribution in [3.8, 4) is 0 Å². The van der Waals surface area contributed by atoms with Crippen molar-refractivity contribution in [1.29, 1.82) is 0 Å². The summed E-state index contributed by atoms with van der Waals surface area (Å²) >= 11 is 0. The third kappa shape index (κ3) is 2.40. The van der Waals surface area contributed by atoms with Crippen LogP contribution in [0.1, 0.15) is 65.4 Å². The van der Waals surface area contributed by atoms with Gasteiger partial charge in [0.25, 0.3) is 11.5 Å². The van der Waals surface area contributed by atoms with Gasteiger partial charge in [0.2, 0.25) is 5.76 Å². The third-order valence-electron chi connectivity index (χ3n) is 5.91. The zero-order valence-corrected chi connectivity index (χ0v) is 15.7. The number of oxazole rings is 1. The number of amides is 1. The normalized spacial score (nSPS) is 24.9. The van der Waals surface area contributed by atoms with Gasteiger partial charge in [-0.25, -0.2) is 9.97 Å². The summed E-state index contributed by atoms with van der Waals surface area (Å²) in [5, 5.41) is 0. The number of nitrogens with zero attached hydrogens (tertiary/aromatic N) is 3. The molecule has 0 aromatic carbocycles. The van der Waals surface area contributed by atoms with Crippen molar-refractivity contribution in [2.75, 3.05) is 6.54 Å². The van der Waals surface area contributed by atoms with Crippen LogP contribution in [0.15, 0.2) is 9.21 Å². The quantitative estimate of drug-likeness (QED) is 0.845. The molecule has 1 aliphatic heterocycles. The summed E-state index contributed by atoms with van der Waals surface area (Å²) in [4.78, 5) is 39.2. The smallest absolute Gasteiger partial charge is 0.291 e. The first-order valence-electron chi connectivity index (χ1n) is 9.16. The minimum Gasteiger partial charge on any atom is -0.436 e. The zero-order valence-electron chi connectivity index (χ0n) is 15.7. The molecule has 4 rings (SSSR count).